The van der Waals surface area contributed by atoms with E-state index < -0.39 is 0 Å². The first-order valence-corrected chi connectivity index (χ1v) is 10.0. The smallest absolute Gasteiger partial charge is 0.255 e. The second kappa shape index (κ2) is 7.68. The van der Waals surface area contributed by atoms with Gasteiger partial charge in [0, 0.05) is 55.8 Å². The van der Waals surface area contributed by atoms with Crippen molar-refractivity contribution in [2.24, 2.45) is 0 Å². The summed E-state index contributed by atoms with van der Waals surface area (Å²) in [6, 6.07) is 14.0. The highest BCUT2D eigenvalue weighted by Gasteiger charge is 2.23. The first-order valence-electron chi connectivity index (χ1n) is 10.0. The molecular formula is C23H22N6O. The van der Waals surface area contributed by atoms with Crippen LogP contribution in [0.4, 0.5) is 0 Å². The molecule has 30 heavy (non-hydrogen) atoms. The fourth-order valence-electron chi connectivity index (χ4n) is 3.97. The summed E-state index contributed by atoms with van der Waals surface area (Å²) in [6.45, 7) is 3.98. The third kappa shape index (κ3) is 3.55. The van der Waals surface area contributed by atoms with Crippen LogP contribution in [0.15, 0.2) is 65.8 Å². The van der Waals surface area contributed by atoms with Gasteiger partial charge in [0.2, 0.25) is 0 Å². The number of nitrogens with zero attached hydrogens (tertiary/aromatic N) is 5. The van der Waals surface area contributed by atoms with Crippen molar-refractivity contribution in [3.63, 3.8) is 0 Å². The Morgan fingerprint density at radius 2 is 1.90 bits per heavy atom. The molecule has 150 valence electrons. The highest BCUT2D eigenvalue weighted by Crippen LogP contribution is 2.26. The summed E-state index contributed by atoms with van der Waals surface area (Å²) in [5.41, 5.74) is 5.75. The van der Waals surface area contributed by atoms with Crippen LogP contribution < -0.4 is 5.56 Å². The Morgan fingerprint density at radius 1 is 1.10 bits per heavy atom. The maximum Gasteiger partial charge on any atom is 0.255 e. The lowest BCUT2D eigenvalue weighted by Crippen LogP contribution is -2.35. The van der Waals surface area contributed by atoms with Gasteiger partial charge in [-0.15, -0.1) is 0 Å². The molecule has 0 saturated carbocycles. The van der Waals surface area contributed by atoms with Gasteiger partial charge in [0.15, 0.2) is 0 Å². The highest BCUT2D eigenvalue weighted by molar-refractivity contribution is 5.62. The number of H-pyrrole nitrogens is 1. The van der Waals surface area contributed by atoms with Crippen molar-refractivity contribution < 1.29 is 0 Å². The number of benzene rings is 1. The Balaban J connectivity index is 1.49. The fraction of sp³-hybridized carbons (Fsp3) is 0.217. The predicted octanol–water partition coefficient (Wildman–Crippen LogP) is 2.88. The quantitative estimate of drug-likeness (QED) is 0.572. The number of para-hydroxylation sites is 1. The van der Waals surface area contributed by atoms with E-state index in [1.54, 1.807) is 12.4 Å². The van der Waals surface area contributed by atoms with E-state index in [9.17, 15) is 4.79 Å². The number of pyridine rings is 1. The number of aromatic amines is 1. The molecule has 0 spiro atoms. The maximum absolute atomic E-state index is 12.4. The molecular weight excluding hydrogens is 376 g/mol. The van der Waals surface area contributed by atoms with Crippen LogP contribution >= 0.6 is 0 Å². The van der Waals surface area contributed by atoms with Crippen LogP contribution in [0, 0.1) is 6.92 Å². The number of fused-ring (bicyclic) bond motifs is 1. The molecule has 1 aliphatic heterocycles. The molecule has 0 unspecified atom stereocenters. The molecule has 3 aromatic heterocycles. The Labute approximate surface area is 174 Å². The lowest BCUT2D eigenvalue weighted by molar-refractivity contribution is 0.242. The molecule has 1 N–H and O–H groups in total. The lowest BCUT2D eigenvalue weighted by Gasteiger charge is -2.27. The monoisotopic (exact) mass is 398 g/mol. The van der Waals surface area contributed by atoms with Crippen molar-refractivity contribution >= 4 is 0 Å². The molecule has 7 heteroatoms. The van der Waals surface area contributed by atoms with Gasteiger partial charge in [-0.3, -0.25) is 14.7 Å². The molecule has 0 radical (unpaired) electrons. The zero-order valence-corrected chi connectivity index (χ0v) is 16.7. The maximum atomic E-state index is 12.4. The van der Waals surface area contributed by atoms with Crippen LogP contribution in [0.25, 0.3) is 16.9 Å². The van der Waals surface area contributed by atoms with E-state index in [1.807, 2.05) is 54.1 Å². The summed E-state index contributed by atoms with van der Waals surface area (Å²) < 4.78 is 1.92. The van der Waals surface area contributed by atoms with Gasteiger partial charge in [-0.2, -0.15) is 5.10 Å². The van der Waals surface area contributed by atoms with Crippen molar-refractivity contribution in [2.45, 2.75) is 26.4 Å². The van der Waals surface area contributed by atoms with Crippen LogP contribution in [0.2, 0.25) is 0 Å². The number of hydrogen-bond acceptors (Lipinski definition) is 5. The molecule has 0 bridgehead atoms. The molecule has 4 heterocycles. The standard InChI is InChI=1S/C23H22N6O/c1-16-25-21-9-12-28(15-20(21)23(30)26-16)13-18-14-29(19-5-3-2-4-6-19)27-22(18)17-7-10-24-11-8-17/h2-8,10-11,14H,9,12-13,15H2,1H3,(H,25,26,30). The van der Waals surface area contributed by atoms with Gasteiger partial charge in [-0.1, -0.05) is 18.2 Å². The Morgan fingerprint density at radius 3 is 2.70 bits per heavy atom. The topological polar surface area (TPSA) is 79.7 Å². The van der Waals surface area contributed by atoms with Gasteiger partial charge in [0.05, 0.1) is 22.6 Å². The van der Waals surface area contributed by atoms with Crippen molar-refractivity contribution in [1.82, 2.24) is 29.6 Å². The first kappa shape index (κ1) is 18.4. The van der Waals surface area contributed by atoms with Crippen LogP contribution in [0.1, 0.15) is 22.6 Å². The minimum absolute atomic E-state index is 0.0310. The van der Waals surface area contributed by atoms with Crippen molar-refractivity contribution in [3.05, 3.63) is 94.1 Å². The van der Waals surface area contributed by atoms with E-state index in [0.717, 1.165) is 46.7 Å². The summed E-state index contributed by atoms with van der Waals surface area (Å²) in [6.07, 6.45) is 6.42. The fourth-order valence-corrected chi connectivity index (χ4v) is 3.97. The van der Waals surface area contributed by atoms with Crippen LogP contribution in [-0.2, 0) is 19.5 Å². The second-order valence-electron chi connectivity index (χ2n) is 7.56. The van der Waals surface area contributed by atoms with Gasteiger partial charge >= 0.3 is 0 Å². The number of hydrogen-bond donors (Lipinski definition) is 1. The zero-order chi connectivity index (χ0) is 20.5. The Bertz CT molecular complexity index is 1230. The van der Waals surface area contributed by atoms with Gasteiger partial charge in [0.25, 0.3) is 5.56 Å². The van der Waals surface area contributed by atoms with E-state index in [1.165, 1.54) is 0 Å². The van der Waals surface area contributed by atoms with Gasteiger partial charge < -0.3 is 4.98 Å². The Hall–Kier alpha value is -3.58. The summed E-state index contributed by atoms with van der Waals surface area (Å²) in [4.78, 5) is 26.2. The average Bonchev–Trinajstić information content (AvgIpc) is 3.19. The van der Waals surface area contributed by atoms with Crippen molar-refractivity contribution in [2.75, 3.05) is 6.54 Å². The van der Waals surface area contributed by atoms with E-state index in [2.05, 4.69) is 26.0 Å². The summed E-state index contributed by atoms with van der Waals surface area (Å²) in [5.74, 6) is 0.677. The normalized spacial score (nSPS) is 13.9. The Kier molecular flexibility index (Phi) is 4.72. The summed E-state index contributed by atoms with van der Waals surface area (Å²) in [5, 5.41) is 4.87. The van der Waals surface area contributed by atoms with Crippen LogP contribution in [0.5, 0.6) is 0 Å². The summed E-state index contributed by atoms with van der Waals surface area (Å²) in [7, 11) is 0. The number of rotatable bonds is 4. The molecule has 0 saturated heterocycles. The van der Waals surface area contributed by atoms with Crippen LogP contribution in [-0.4, -0.2) is 36.2 Å². The molecule has 7 nitrogen and oxygen atoms in total. The highest BCUT2D eigenvalue weighted by atomic mass is 16.1. The molecule has 4 aromatic rings. The minimum atomic E-state index is -0.0310. The number of nitrogens with one attached hydrogen (secondary N) is 1. The second-order valence-corrected chi connectivity index (χ2v) is 7.56. The average molecular weight is 398 g/mol. The van der Waals surface area contributed by atoms with E-state index >= 15 is 0 Å². The zero-order valence-electron chi connectivity index (χ0n) is 16.7. The minimum Gasteiger partial charge on any atom is -0.310 e. The van der Waals surface area contributed by atoms with E-state index in [0.29, 0.717) is 18.9 Å². The number of aryl methyl sites for hydroxylation is 1. The molecule has 0 fully saturated rings. The van der Waals surface area contributed by atoms with Crippen molar-refractivity contribution in [1.29, 1.82) is 0 Å². The molecule has 5 rings (SSSR count). The molecule has 1 aromatic carbocycles. The van der Waals surface area contributed by atoms with Gasteiger partial charge in [0.1, 0.15) is 5.82 Å². The van der Waals surface area contributed by atoms with E-state index in [-0.39, 0.29) is 5.56 Å². The van der Waals surface area contributed by atoms with Crippen LogP contribution in [0.3, 0.4) is 0 Å². The summed E-state index contributed by atoms with van der Waals surface area (Å²) >= 11 is 0. The molecule has 0 atom stereocenters. The third-order valence-corrected chi connectivity index (χ3v) is 5.42. The molecule has 1 aliphatic rings. The van der Waals surface area contributed by atoms with Crippen molar-refractivity contribution in [3.8, 4) is 16.9 Å². The predicted molar refractivity (Wildman–Crippen MR) is 114 cm³/mol. The molecule has 0 aliphatic carbocycles. The van der Waals surface area contributed by atoms with Gasteiger partial charge in [-0.05, 0) is 31.2 Å². The lowest BCUT2D eigenvalue weighted by atomic mass is 10.0. The molecule has 0 amide bonds. The third-order valence-electron chi connectivity index (χ3n) is 5.42. The largest absolute Gasteiger partial charge is 0.310 e. The number of aromatic nitrogens is 5. The first-order chi connectivity index (χ1) is 14.7. The SMILES string of the molecule is Cc1nc2c(c(=O)[nH]1)CN(Cc1cn(-c3ccccc3)nc1-c1ccncc1)CC2. The van der Waals surface area contributed by atoms with Gasteiger partial charge in [-0.25, -0.2) is 9.67 Å². The van der Waals surface area contributed by atoms with E-state index in [4.69, 9.17) is 5.10 Å².